The van der Waals surface area contributed by atoms with Crippen LogP contribution in [0.5, 0.6) is 0 Å². The van der Waals surface area contributed by atoms with Gasteiger partial charge in [0, 0.05) is 19.3 Å². The molecule has 0 amide bonds. The average Bonchev–Trinajstić information content (AvgIpc) is 2.34. The number of nitriles is 1. The fraction of sp³-hybridized carbons (Fsp3) is 0.545. The third-order valence-electron chi connectivity index (χ3n) is 2.19. The first-order chi connectivity index (χ1) is 7.81. The van der Waals surface area contributed by atoms with Crippen LogP contribution in [0.3, 0.4) is 0 Å². The zero-order valence-corrected chi connectivity index (χ0v) is 9.43. The summed E-state index contributed by atoms with van der Waals surface area (Å²) >= 11 is 0. The maximum absolute atomic E-state index is 8.96. The summed E-state index contributed by atoms with van der Waals surface area (Å²) in [5.74, 6) is 0.515. The maximum Gasteiger partial charge on any atom is 0.226 e. The Kier molecular flexibility index (Phi) is 5.23. The van der Waals surface area contributed by atoms with E-state index in [0.717, 1.165) is 19.4 Å². The first-order valence-corrected chi connectivity index (χ1v) is 5.40. The molecule has 0 aliphatic carbocycles. The van der Waals surface area contributed by atoms with Gasteiger partial charge in [-0.3, -0.25) is 0 Å². The van der Waals surface area contributed by atoms with Crippen LogP contribution in [-0.2, 0) is 0 Å². The van der Waals surface area contributed by atoms with Crippen molar-refractivity contribution in [3.05, 3.63) is 18.0 Å². The Balaban J connectivity index is 2.79. The molecule has 0 unspecified atom stereocenters. The summed E-state index contributed by atoms with van der Waals surface area (Å²) in [4.78, 5) is 10.1. The minimum atomic E-state index is 0.0594. The summed E-state index contributed by atoms with van der Waals surface area (Å²) < 4.78 is 0. The topological polar surface area (TPSA) is 73.0 Å². The van der Waals surface area contributed by atoms with Crippen molar-refractivity contribution in [2.75, 3.05) is 24.6 Å². The SMILES string of the molecule is CCCCN(CCO)c1nccc(C#N)n1. The lowest BCUT2D eigenvalue weighted by atomic mass is 10.3. The van der Waals surface area contributed by atoms with E-state index in [9.17, 15) is 0 Å². The van der Waals surface area contributed by atoms with Gasteiger partial charge in [-0.15, -0.1) is 0 Å². The molecule has 0 aliphatic rings. The molecule has 0 atom stereocenters. The highest BCUT2D eigenvalue weighted by Crippen LogP contribution is 2.08. The van der Waals surface area contributed by atoms with Crippen LogP contribution in [0.2, 0.25) is 0 Å². The lowest BCUT2D eigenvalue weighted by molar-refractivity contribution is 0.301. The number of unbranched alkanes of at least 4 members (excludes halogenated alkanes) is 1. The minimum Gasteiger partial charge on any atom is -0.395 e. The standard InChI is InChI=1S/C11H16N4O/c1-2-3-6-15(7-8-16)11-13-5-4-10(9-12)14-11/h4-5,16H,2-3,6-8H2,1H3. The number of hydrogen-bond acceptors (Lipinski definition) is 5. The van der Waals surface area contributed by atoms with Crippen molar-refractivity contribution in [2.24, 2.45) is 0 Å². The van der Waals surface area contributed by atoms with Gasteiger partial charge in [0.2, 0.25) is 5.95 Å². The summed E-state index contributed by atoms with van der Waals surface area (Å²) in [6.45, 7) is 3.45. The number of nitrogens with zero attached hydrogens (tertiary/aromatic N) is 4. The van der Waals surface area contributed by atoms with Gasteiger partial charge in [-0.05, 0) is 12.5 Å². The number of hydrogen-bond donors (Lipinski definition) is 1. The second-order valence-electron chi connectivity index (χ2n) is 3.42. The van der Waals surface area contributed by atoms with Gasteiger partial charge in [-0.25, -0.2) is 9.97 Å². The molecule has 1 aromatic heterocycles. The van der Waals surface area contributed by atoms with Crippen LogP contribution in [0.25, 0.3) is 0 Å². The van der Waals surface area contributed by atoms with Crippen molar-refractivity contribution in [3.8, 4) is 6.07 Å². The lowest BCUT2D eigenvalue weighted by Gasteiger charge is -2.21. The molecule has 0 radical (unpaired) electrons. The Morgan fingerprint density at radius 3 is 2.94 bits per heavy atom. The first-order valence-electron chi connectivity index (χ1n) is 5.40. The minimum absolute atomic E-state index is 0.0594. The molecule has 86 valence electrons. The van der Waals surface area contributed by atoms with Crippen LogP contribution < -0.4 is 4.90 Å². The van der Waals surface area contributed by atoms with E-state index in [1.54, 1.807) is 12.3 Å². The number of rotatable bonds is 6. The number of aliphatic hydroxyl groups is 1. The quantitative estimate of drug-likeness (QED) is 0.772. The van der Waals surface area contributed by atoms with Crippen LogP contribution >= 0.6 is 0 Å². The van der Waals surface area contributed by atoms with Crippen molar-refractivity contribution in [1.82, 2.24) is 9.97 Å². The third-order valence-corrected chi connectivity index (χ3v) is 2.19. The number of aliphatic hydroxyl groups excluding tert-OH is 1. The highest BCUT2D eigenvalue weighted by atomic mass is 16.3. The molecule has 1 rings (SSSR count). The maximum atomic E-state index is 8.96. The van der Waals surface area contributed by atoms with E-state index < -0.39 is 0 Å². The smallest absolute Gasteiger partial charge is 0.226 e. The summed E-state index contributed by atoms with van der Waals surface area (Å²) in [6, 6.07) is 3.55. The van der Waals surface area contributed by atoms with Gasteiger partial charge in [-0.1, -0.05) is 13.3 Å². The van der Waals surface area contributed by atoms with E-state index in [2.05, 4.69) is 16.9 Å². The lowest BCUT2D eigenvalue weighted by Crippen LogP contribution is -2.29. The molecule has 1 aromatic rings. The molecular formula is C11H16N4O. The van der Waals surface area contributed by atoms with Gasteiger partial charge in [0.25, 0.3) is 0 Å². The number of anilines is 1. The highest BCUT2D eigenvalue weighted by Gasteiger charge is 2.08. The number of aromatic nitrogens is 2. The molecule has 0 saturated carbocycles. The average molecular weight is 220 g/mol. The zero-order chi connectivity index (χ0) is 11.8. The van der Waals surface area contributed by atoms with E-state index in [0.29, 0.717) is 18.2 Å². The molecule has 0 aromatic carbocycles. The molecule has 5 nitrogen and oxygen atoms in total. The molecule has 1 heterocycles. The van der Waals surface area contributed by atoms with Gasteiger partial charge < -0.3 is 10.0 Å². The molecule has 0 saturated heterocycles. The highest BCUT2D eigenvalue weighted by molar-refractivity contribution is 5.33. The Labute approximate surface area is 95.4 Å². The monoisotopic (exact) mass is 220 g/mol. The fourth-order valence-electron chi connectivity index (χ4n) is 1.34. The van der Waals surface area contributed by atoms with Gasteiger partial charge in [0.1, 0.15) is 11.8 Å². The molecule has 16 heavy (non-hydrogen) atoms. The zero-order valence-electron chi connectivity index (χ0n) is 9.43. The van der Waals surface area contributed by atoms with Crippen LogP contribution in [0.15, 0.2) is 12.3 Å². The van der Waals surface area contributed by atoms with Crippen molar-refractivity contribution in [1.29, 1.82) is 5.26 Å². The van der Waals surface area contributed by atoms with Crippen LogP contribution in [0.4, 0.5) is 5.95 Å². The van der Waals surface area contributed by atoms with E-state index in [4.69, 9.17) is 10.4 Å². The fourth-order valence-corrected chi connectivity index (χ4v) is 1.34. The molecule has 0 fully saturated rings. The Bertz CT molecular complexity index is 361. The van der Waals surface area contributed by atoms with Crippen LogP contribution in [0, 0.1) is 11.3 Å². The van der Waals surface area contributed by atoms with Crippen molar-refractivity contribution < 1.29 is 5.11 Å². The molecular weight excluding hydrogens is 204 g/mol. The second-order valence-corrected chi connectivity index (χ2v) is 3.42. The van der Waals surface area contributed by atoms with E-state index in [1.165, 1.54) is 0 Å². The Morgan fingerprint density at radius 2 is 2.31 bits per heavy atom. The predicted octanol–water partition coefficient (Wildman–Crippen LogP) is 0.947. The van der Waals surface area contributed by atoms with Crippen molar-refractivity contribution in [3.63, 3.8) is 0 Å². The molecule has 5 heteroatoms. The Hall–Kier alpha value is -1.67. The molecule has 1 N–H and O–H groups in total. The molecule has 0 spiro atoms. The molecule has 0 aliphatic heterocycles. The van der Waals surface area contributed by atoms with Crippen molar-refractivity contribution >= 4 is 5.95 Å². The summed E-state index contributed by atoms with van der Waals surface area (Å²) in [5, 5.41) is 17.7. The van der Waals surface area contributed by atoms with Gasteiger partial charge in [-0.2, -0.15) is 5.26 Å². The van der Waals surface area contributed by atoms with E-state index in [1.807, 2.05) is 11.0 Å². The summed E-state index contributed by atoms with van der Waals surface area (Å²) in [5.41, 5.74) is 0.351. The first kappa shape index (κ1) is 12.4. The predicted molar refractivity (Wildman–Crippen MR) is 61.0 cm³/mol. The van der Waals surface area contributed by atoms with E-state index in [-0.39, 0.29) is 6.61 Å². The molecule has 0 bridgehead atoms. The van der Waals surface area contributed by atoms with Crippen LogP contribution in [-0.4, -0.2) is 34.8 Å². The largest absolute Gasteiger partial charge is 0.395 e. The van der Waals surface area contributed by atoms with Gasteiger partial charge in [0.05, 0.1) is 6.61 Å². The normalized spacial score (nSPS) is 9.81. The second kappa shape index (κ2) is 6.75. The summed E-state index contributed by atoms with van der Waals surface area (Å²) in [6.07, 6.45) is 3.65. The van der Waals surface area contributed by atoms with E-state index >= 15 is 0 Å². The Morgan fingerprint density at radius 1 is 1.50 bits per heavy atom. The van der Waals surface area contributed by atoms with Gasteiger partial charge >= 0.3 is 0 Å². The van der Waals surface area contributed by atoms with Gasteiger partial charge in [0.15, 0.2) is 0 Å². The van der Waals surface area contributed by atoms with Crippen LogP contribution in [0.1, 0.15) is 25.5 Å². The third kappa shape index (κ3) is 3.48. The van der Waals surface area contributed by atoms with Crippen molar-refractivity contribution in [2.45, 2.75) is 19.8 Å². The summed E-state index contributed by atoms with van der Waals surface area (Å²) in [7, 11) is 0.